The van der Waals surface area contributed by atoms with Gasteiger partial charge in [-0.15, -0.1) is 0 Å². The summed E-state index contributed by atoms with van der Waals surface area (Å²) in [5.41, 5.74) is 2.84. The van der Waals surface area contributed by atoms with Crippen molar-refractivity contribution in [2.75, 3.05) is 13.1 Å². The van der Waals surface area contributed by atoms with Crippen LogP contribution in [0, 0.1) is 0 Å². The molecule has 0 saturated carbocycles. The van der Waals surface area contributed by atoms with Gasteiger partial charge in [0.2, 0.25) is 5.91 Å². The maximum Gasteiger partial charge on any atom is 0.233 e. The molecule has 3 atom stereocenters. The van der Waals surface area contributed by atoms with E-state index in [1.54, 1.807) is 6.20 Å². The maximum absolute atomic E-state index is 12.2. The van der Waals surface area contributed by atoms with Gasteiger partial charge in [0, 0.05) is 30.9 Å². The molecule has 0 unspecified atom stereocenters. The molecule has 1 heterocycles. The Bertz CT molecular complexity index is 683. The van der Waals surface area contributed by atoms with Gasteiger partial charge < -0.3 is 10.6 Å². The quantitative estimate of drug-likeness (QED) is 0.815. The van der Waals surface area contributed by atoms with Crippen LogP contribution < -0.4 is 10.6 Å². The van der Waals surface area contributed by atoms with E-state index >= 15 is 0 Å². The summed E-state index contributed by atoms with van der Waals surface area (Å²) >= 11 is 0. The van der Waals surface area contributed by atoms with Gasteiger partial charge in [0.15, 0.2) is 0 Å². The minimum atomic E-state index is 0.0579. The molecule has 134 valence electrons. The molecule has 0 spiro atoms. The summed E-state index contributed by atoms with van der Waals surface area (Å²) in [6.07, 6.45) is 7.23. The molecule has 1 aliphatic carbocycles. The molecule has 0 fully saturated rings. The smallest absolute Gasteiger partial charge is 0.233 e. The molecule has 0 radical (unpaired) electrons. The molecule has 3 rings (SSSR count). The van der Waals surface area contributed by atoms with Crippen molar-refractivity contribution in [3.05, 3.63) is 53.9 Å². The van der Waals surface area contributed by atoms with Crippen LogP contribution in [0.5, 0.6) is 0 Å². The minimum absolute atomic E-state index is 0.0579. The molecular weight excluding hydrogens is 312 g/mol. The van der Waals surface area contributed by atoms with Gasteiger partial charge in [-0.1, -0.05) is 24.3 Å². The first kappa shape index (κ1) is 17.7. The number of hydrogen-bond donors (Lipinski definition) is 2. The molecule has 1 aromatic carbocycles. The highest BCUT2D eigenvalue weighted by molar-refractivity contribution is 5.78. The Morgan fingerprint density at radius 2 is 2.16 bits per heavy atom. The van der Waals surface area contributed by atoms with E-state index in [1.165, 1.54) is 17.5 Å². The topological polar surface area (TPSA) is 59.0 Å². The van der Waals surface area contributed by atoms with Crippen molar-refractivity contribution < 1.29 is 4.79 Å². The monoisotopic (exact) mass is 340 g/mol. The lowest BCUT2D eigenvalue weighted by molar-refractivity contribution is -0.120. The van der Waals surface area contributed by atoms with Gasteiger partial charge >= 0.3 is 0 Å². The fourth-order valence-electron chi connectivity index (χ4n) is 3.54. The van der Waals surface area contributed by atoms with E-state index in [-0.39, 0.29) is 18.0 Å². The van der Waals surface area contributed by atoms with Crippen LogP contribution in [-0.2, 0) is 11.2 Å². The molecule has 5 nitrogen and oxygen atoms in total. The van der Waals surface area contributed by atoms with Crippen LogP contribution >= 0.6 is 0 Å². The van der Waals surface area contributed by atoms with Crippen LogP contribution in [0.3, 0.4) is 0 Å². The number of hydrogen-bond acceptors (Lipinski definition) is 3. The predicted molar refractivity (Wildman–Crippen MR) is 99.5 cm³/mol. The third-order valence-corrected chi connectivity index (χ3v) is 5.29. The lowest BCUT2D eigenvalue weighted by atomic mass is 9.83. The van der Waals surface area contributed by atoms with Gasteiger partial charge in [-0.25, -0.2) is 0 Å². The van der Waals surface area contributed by atoms with Crippen molar-refractivity contribution >= 4 is 5.91 Å². The molecule has 25 heavy (non-hydrogen) atoms. The molecule has 1 amide bonds. The van der Waals surface area contributed by atoms with Crippen LogP contribution in [-0.4, -0.2) is 34.8 Å². The van der Waals surface area contributed by atoms with Gasteiger partial charge in [0.1, 0.15) is 0 Å². The minimum Gasteiger partial charge on any atom is -0.354 e. The van der Waals surface area contributed by atoms with E-state index in [2.05, 4.69) is 53.8 Å². The Hall–Kier alpha value is -2.14. The summed E-state index contributed by atoms with van der Waals surface area (Å²) in [6.45, 7) is 5.24. The largest absolute Gasteiger partial charge is 0.354 e. The van der Waals surface area contributed by atoms with Crippen LogP contribution in [0.15, 0.2) is 42.7 Å². The fourth-order valence-corrected chi connectivity index (χ4v) is 3.54. The van der Waals surface area contributed by atoms with Crippen LogP contribution in [0.2, 0.25) is 0 Å². The van der Waals surface area contributed by atoms with E-state index in [4.69, 9.17) is 0 Å². The standard InChI is InChI=1S/C20H28N4O/c1-15(16(2)24-12-6-11-23-24)21-14-20(25)22-13-18-9-5-8-17-7-3-4-10-19(17)18/h3-4,6-7,10-12,15-16,18,21H,5,8-9,13-14H2,1-2H3,(H,22,25)/t15-,16+,18-/m0/s1. The number of nitrogens with one attached hydrogen (secondary N) is 2. The van der Waals surface area contributed by atoms with E-state index < -0.39 is 0 Å². The first-order valence-electron chi connectivity index (χ1n) is 9.22. The Balaban J connectivity index is 1.44. The average Bonchev–Trinajstić information content (AvgIpc) is 3.18. The number of carbonyl (C=O) groups excluding carboxylic acids is 1. The van der Waals surface area contributed by atoms with Gasteiger partial charge in [-0.3, -0.25) is 9.48 Å². The number of aryl methyl sites for hydroxylation is 1. The van der Waals surface area contributed by atoms with Gasteiger partial charge in [-0.2, -0.15) is 5.10 Å². The van der Waals surface area contributed by atoms with Crippen molar-refractivity contribution in [1.82, 2.24) is 20.4 Å². The lowest BCUT2D eigenvalue weighted by Gasteiger charge is -2.26. The summed E-state index contributed by atoms with van der Waals surface area (Å²) in [5, 5.41) is 10.7. The average molecular weight is 340 g/mol. The summed E-state index contributed by atoms with van der Waals surface area (Å²) in [5.74, 6) is 0.497. The zero-order valence-corrected chi connectivity index (χ0v) is 15.1. The van der Waals surface area contributed by atoms with E-state index in [0.29, 0.717) is 12.5 Å². The molecule has 2 aromatic rings. The second kappa shape index (κ2) is 8.30. The van der Waals surface area contributed by atoms with E-state index in [1.807, 2.05) is 16.9 Å². The summed E-state index contributed by atoms with van der Waals surface area (Å²) < 4.78 is 1.91. The second-order valence-electron chi connectivity index (χ2n) is 6.99. The Kier molecular flexibility index (Phi) is 5.87. The molecular formula is C20H28N4O. The zero-order chi connectivity index (χ0) is 17.6. The third-order valence-electron chi connectivity index (χ3n) is 5.29. The summed E-state index contributed by atoms with van der Waals surface area (Å²) in [7, 11) is 0. The van der Waals surface area contributed by atoms with Crippen LogP contribution in [0.4, 0.5) is 0 Å². The van der Waals surface area contributed by atoms with Crippen molar-refractivity contribution in [2.45, 2.75) is 51.1 Å². The summed E-state index contributed by atoms with van der Waals surface area (Å²) in [4.78, 5) is 12.2. The highest BCUT2D eigenvalue weighted by Crippen LogP contribution is 2.30. The van der Waals surface area contributed by atoms with Crippen molar-refractivity contribution in [3.8, 4) is 0 Å². The van der Waals surface area contributed by atoms with Gasteiger partial charge in [0.05, 0.1) is 12.6 Å². The van der Waals surface area contributed by atoms with Crippen molar-refractivity contribution in [2.24, 2.45) is 0 Å². The molecule has 0 aliphatic heterocycles. The number of rotatable bonds is 7. The summed E-state index contributed by atoms with van der Waals surface area (Å²) in [6, 6.07) is 10.9. The Morgan fingerprint density at radius 1 is 1.32 bits per heavy atom. The highest BCUT2D eigenvalue weighted by atomic mass is 16.1. The zero-order valence-electron chi connectivity index (χ0n) is 15.1. The fraction of sp³-hybridized carbons (Fsp3) is 0.500. The normalized spacial score (nSPS) is 19.0. The Labute approximate surface area is 149 Å². The molecule has 5 heteroatoms. The lowest BCUT2D eigenvalue weighted by Crippen LogP contribution is -2.42. The number of amides is 1. The highest BCUT2D eigenvalue weighted by Gasteiger charge is 2.20. The number of aromatic nitrogens is 2. The molecule has 0 bridgehead atoms. The van der Waals surface area contributed by atoms with Crippen molar-refractivity contribution in [1.29, 1.82) is 0 Å². The number of fused-ring (bicyclic) bond motifs is 1. The second-order valence-corrected chi connectivity index (χ2v) is 6.99. The first-order valence-corrected chi connectivity index (χ1v) is 9.22. The molecule has 0 saturated heterocycles. The van der Waals surface area contributed by atoms with E-state index in [9.17, 15) is 4.79 Å². The molecule has 2 N–H and O–H groups in total. The van der Waals surface area contributed by atoms with Crippen LogP contribution in [0.25, 0.3) is 0 Å². The van der Waals surface area contributed by atoms with Gasteiger partial charge in [0.25, 0.3) is 0 Å². The number of benzene rings is 1. The third kappa shape index (κ3) is 4.48. The molecule has 1 aromatic heterocycles. The Morgan fingerprint density at radius 3 is 2.96 bits per heavy atom. The first-order chi connectivity index (χ1) is 12.1. The van der Waals surface area contributed by atoms with Crippen molar-refractivity contribution in [3.63, 3.8) is 0 Å². The molecule has 1 aliphatic rings. The predicted octanol–water partition coefficient (Wildman–Crippen LogP) is 2.66. The maximum atomic E-state index is 12.2. The van der Waals surface area contributed by atoms with E-state index in [0.717, 1.165) is 19.4 Å². The number of nitrogens with zero attached hydrogens (tertiary/aromatic N) is 2. The number of carbonyl (C=O) groups is 1. The van der Waals surface area contributed by atoms with Crippen LogP contribution in [0.1, 0.15) is 49.8 Å². The SMILES string of the molecule is C[C@H](NCC(=O)NC[C@@H]1CCCc2ccccc21)[C@@H](C)n1cccn1. The van der Waals surface area contributed by atoms with Gasteiger partial charge in [-0.05, 0) is 50.3 Å².